The van der Waals surface area contributed by atoms with Gasteiger partial charge >= 0.3 is 0 Å². The summed E-state index contributed by atoms with van der Waals surface area (Å²) in [7, 11) is 0. The molecular weight excluding hydrogens is 282 g/mol. The molecule has 2 aromatic heterocycles. The van der Waals surface area contributed by atoms with E-state index in [1.807, 2.05) is 30.3 Å². The Kier molecular flexibility index (Phi) is 2.55. The fourth-order valence-electron chi connectivity index (χ4n) is 2.48. The van der Waals surface area contributed by atoms with Crippen LogP contribution in [0.2, 0.25) is 0 Å². The van der Waals surface area contributed by atoms with Crippen LogP contribution in [0.25, 0.3) is 31.4 Å². The van der Waals surface area contributed by atoms with E-state index in [0.29, 0.717) is 5.82 Å². The summed E-state index contributed by atoms with van der Waals surface area (Å²) in [5, 5.41) is 11.0. The molecule has 0 radical (unpaired) electrons. The average molecular weight is 293 g/mol. The van der Waals surface area contributed by atoms with Crippen molar-refractivity contribution in [3.8, 4) is 16.9 Å². The fourth-order valence-corrected chi connectivity index (χ4v) is 3.57. The third-order valence-corrected chi connectivity index (χ3v) is 4.66. The molecule has 102 valence electrons. The van der Waals surface area contributed by atoms with Gasteiger partial charge in [-0.05, 0) is 17.7 Å². The Balaban J connectivity index is 2.01. The predicted octanol–water partition coefficient (Wildman–Crippen LogP) is 3.80. The summed E-state index contributed by atoms with van der Waals surface area (Å²) in [6.07, 6.45) is 1.49. The molecule has 21 heavy (non-hydrogen) atoms. The number of nitrogen functional groups attached to an aromatic ring is 1. The topological polar surface area (TPSA) is 72.0 Å². The van der Waals surface area contributed by atoms with Crippen molar-refractivity contribution in [3.63, 3.8) is 0 Å². The van der Waals surface area contributed by atoms with Crippen molar-refractivity contribution >= 4 is 37.5 Å². The number of fused-ring (bicyclic) bond motifs is 3. The van der Waals surface area contributed by atoms with Crippen LogP contribution in [0.4, 0.5) is 5.82 Å². The Morgan fingerprint density at radius 1 is 1.05 bits per heavy atom. The largest absolute Gasteiger partial charge is 0.507 e. The molecule has 0 atom stereocenters. The lowest BCUT2D eigenvalue weighted by molar-refractivity contribution is 0.477. The Hall–Kier alpha value is -2.66. The zero-order valence-corrected chi connectivity index (χ0v) is 11.8. The number of para-hydroxylation sites is 1. The lowest BCUT2D eigenvalue weighted by atomic mass is 10.0. The lowest BCUT2D eigenvalue weighted by Gasteiger charge is -2.04. The molecule has 0 amide bonds. The number of phenols is 1. The number of anilines is 1. The summed E-state index contributed by atoms with van der Waals surface area (Å²) < 4.78 is 1.99. The minimum Gasteiger partial charge on any atom is -0.507 e. The first kappa shape index (κ1) is 12.1. The minimum atomic E-state index is 0.275. The molecule has 5 heteroatoms. The zero-order chi connectivity index (χ0) is 14.4. The van der Waals surface area contributed by atoms with Crippen molar-refractivity contribution in [3.05, 3.63) is 48.8 Å². The molecule has 4 aromatic rings. The van der Waals surface area contributed by atoms with Crippen molar-refractivity contribution < 1.29 is 5.11 Å². The molecule has 0 bridgehead atoms. The summed E-state index contributed by atoms with van der Waals surface area (Å²) >= 11 is 1.57. The molecule has 4 rings (SSSR count). The van der Waals surface area contributed by atoms with E-state index in [-0.39, 0.29) is 5.75 Å². The summed E-state index contributed by atoms with van der Waals surface area (Å²) in [5.74, 6) is 0.780. The minimum absolute atomic E-state index is 0.275. The van der Waals surface area contributed by atoms with Crippen LogP contribution in [0, 0.1) is 0 Å². The molecule has 0 aliphatic heterocycles. The van der Waals surface area contributed by atoms with Crippen molar-refractivity contribution in [1.82, 2.24) is 9.97 Å². The van der Waals surface area contributed by atoms with Gasteiger partial charge in [0.1, 0.15) is 17.9 Å². The highest BCUT2D eigenvalue weighted by Crippen LogP contribution is 2.38. The Morgan fingerprint density at radius 2 is 1.90 bits per heavy atom. The van der Waals surface area contributed by atoms with E-state index >= 15 is 0 Å². The van der Waals surface area contributed by atoms with E-state index in [1.54, 1.807) is 17.4 Å². The number of phenolic OH excluding ortho intramolecular Hbond substituents is 1. The van der Waals surface area contributed by atoms with Crippen molar-refractivity contribution in [2.45, 2.75) is 0 Å². The third-order valence-electron chi connectivity index (χ3n) is 3.50. The van der Waals surface area contributed by atoms with Gasteiger partial charge in [-0.2, -0.15) is 0 Å². The molecule has 3 N–H and O–H groups in total. The molecule has 0 aliphatic carbocycles. The molecule has 4 nitrogen and oxygen atoms in total. The van der Waals surface area contributed by atoms with Crippen LogP contribution in [-0.2, 0) is 0 Å². The van der Waals surface area contributed by atoms with Crippen molar-refractivity contribution in [2.24, 2.45) is 0 Å². The van der Waals surface area contributed by atoms with Gasteiger partial charge in [0.15, 0.2) is 0 Å². The summed E-state index contributed by atoms with van der Waals surface area (Å²) in [6.45, 7) is 0. The summed E-state index contributed by atoms with van der Waals surface area (Å²) in [5.41, 5.74) is 8.58. The molecule has 2 aromatic carbocycles. The van der Waals surface area contributed by atoms with E-state index in [4.69, 9.17) is 5.73 Å². The average Bonchev–Trinajstić information content (AvgIpc) is 2.87. The number of thiophene rings is 1. The predicted molar refractivity (Wildman–Crippen MR) is 86.4 cm³/mol. The van der Waals surface area contributed by atoms with E-state index in [9.17, 15) is 5.11 Å². The number of aromatic hydroxyl groups is 1. The van der Waals surface area contributed by atoms with Gasteiger partial charge in [0.25, 0.3) is 0 Å². The second-order valence-corrected chi connectivity index (χ2v) is 5.82. The molecule has 0 saturated carbocycles. The van der Waals surface area contributed by atoms with Gasteiger partial charge in [0, 0.05) is 15.6 Å². The first-order chi connectivity index (χ1) is 10.2. The molecule has 0 unspecified atom stereocenters. The maximum atomic E-state index is 9.98. The van der Waals surface area contributed by atoms with Crippen LogP contribution in [0.1, 0.15) is 0 Å². The Labute approximate surface area is 124 Å². The third kappa shape index (κ3) is 1.82. The highest BCUT2D eigenvalue weighted by molar-refractivity contribution is 7.26. The first-order valence-electron chi connectivity index (χ1n) is 6.45. The number of hydrogen-bond donors (Lipinski definition) is 2. The second-order valence-electron chi connectivity index (χ2n) is 4.77. The number of rotatable bonds is 1. The van der Waals surface area contributed by atoms with Crippen LogP contribution >= 0.6 is 11.3 Å². The van der Waals surface area contributed by atoms with Crippen LogP contribution in [-0.4, -0.2) is 15.1 Å². The van der Waals surface area contributed by atoms with Crippen LogP contribution in [0.5, 0.6) is 5.75 Å². The second kappa shape index (κ2) is 4.43. The van der Waals surface area contributed by atoms with Gasteiger partial charge in [0.2, 0.25) is 0 Å². The van der Waals surface area contributed by atoms with Crippen LogP contribution < -0.4 is 5.73 Å². The standard InChI is InChI=1S/C16H11N3OS/c17-16-15-14(18-8-19-16)11-6-5-9(7-13(11)21-15)10-3-1-2-4-12(10)20/h1-8,20H,(H2,17,18,19). The SMILES string of the molecule is Nc1ncnc2c1sc1cc(-c3ccccc3O)ccc12. The van der Waals surface area contributed by atoms with E-state index < -0.39 is 0 Å². The van der Waals surface area contributed by atoms with E-state index in [0.717, 1.165) is 31.4 Å². The van der Waals surface area contributed by atoms with E-state index in [2.05, 4.69) is 16.0 Å². The normalized spacial score (nSPS) is 11.2. The summed E-state index contributed by atoms with van der Waals surface area (Å²) in [6, 6.07) is 13.4. The van der Waals surface area contributed by atoms with Gasteiger partial charge in [-0.1, -0.05) is 30.3 Å². The molecule has 0 saturated heterocycles. The Morgan fingerprint density at radius 3 is 2.76 bits per heavy atom. The van der Waals surface area contributed by atoms with Crippen molar-refractivity contribution in [2.75, 3.05) is 5.73 Å². The maximum Gasteiger partial charge on any atom is 0.144 e. The number of benzene rings is 2. The Bertz CT molecular complexity index is 978. The molecule has 2 heterocycles. The maximum absolute atomic E-state index is 9.98. The lowest BCUT2D eigenvalue weighted by Crippen LogP contribution is -1.89. The van der Waals surface area contributed by atoms with E-state index in [1.165, 1.54) is 6.33 Å². The van der Waals surface area contributed by atoms with Crippen LogP contribution in [0.3, 0.4) is 0 Å². The molecule has 0 aliphatic rings. The quantitative estimate of drug-likeness (QED) is 0.560. The van der Waals surface area contributed by atoms with Gasteiger partial charge in [-0.3, -0.25) is 0 Å². The zero-order valence-electron chi connectivity index (χ0n) is 10.9. The highest BCUT2D eigenvalue weighted by Gasteiger charge is 2.11. The van der Waals surface area contributed by atoms with Gasteiger partial charge in [-0.15, -0.1) is 11.3 Å². The van der Waals surface area contributed by atoms with Crippen molar-refractivity contribution in [1.29, 1.82) is 0 Å². The van der Waals surface area contributed by atoms with Gasteiger partial charge < -0.3 is 10.8 Å². The van der Waals surface area contributed by atoms with Gasteiger partial charge in [-0.25, -0.2) is 9.97 Å². The number of hydrogen-bond acceptors (Lipinski definition) is 5. The monoisotopic (exact) mass is 293 g/mol. The molecule has 0 fully saturated rings. The first-order valence-corrected chi connectivity index (χ1v) is 7.27. The summed E-state index contributed by atoms with van der Waals surface area (Å²) in [4.78, 5) is 8.35. The van der Waals surface area contributed by atoms with Gasteiger partial charge in [0.05, 0.1) is 10.2 Å². The highest BCUT2D eigenvalue weighted by atomic mass is 32.1. The number of nitrogens with two attached hydrogens (primary N) is 1. The fraction of sp³-hybridized carbons (Fsp3) is 0. The smallest absolute Gasteiger partial charge is 0.144 e. The molecular formula is C16H11N3OS. The molecule has 0 spiro atoms. The number of nitrogens with zero attached hydrogens (tertiary/aromatic N) is 2. The van der Waals surface area contributed by atoms with Crippen LogP contribution in [0.15, 0.2) is 48.8 Å². The number of aromatic nitrogens is 2.